The van der Waals surface area contributed by atoms with Gasteiger partial charge in [0.05, 0.1) is 0 Å². The van der Waals surface area contributed by atoms with Crippen molar-refractivity contribution < 1.29 is 17.2 Å². The average molecular weight is 252 g/mol. The number of nitrogens with one attached hydrogen (secondary N) is 2. The van der Waals surface area contributed by atoms with Crippen LogP contribution in [-0.2, 0) is 9.53 Å². The number of imide groups is 1. The number of ether oxygens (including phenoxy) is 1. The second-order valence-corrected chi connectivity index (χ2v) is 2.75. The highest BCUT2D eigenvalue weighted by Gasteiger charge is 2.04. The maximum absolute atomic E-state index is 10.8. The summed E-state index contributed by atoms with van der Waals surface area (Å²) in [5.41, 5.74) is 0. The van der Waals surface area contributed by atoms with Crippen molar-refractivity contribution >= 4 is 11.9 Å². The minimum absolute atomic E-state index is 0. The Balaban J connectivity index is -0.0000000819. The van der Waals surface area contributed by atoms with Gasteiger partial charge in [0, 0.05) is 16.0 Å². The molecule has 0 spiro atoms. The van der Waals surface area contributed by atoms with Gasteiger partial charge in [-0.25, -0.2) is 4.79 Å². The van der Waals surface area contributed by atoms with Crippen LogP contribution < -0.4 is 10.6 Å². The van der Waals surface area contributed by atoms with Gasteiger partial charge in [-0.2, -0.15) is 0 Å². The van der Waals surface area contributed by atoms with E-state index < -0.39 is 11.9 Å². The Hall–Kier alpha value is -1.10. The highest BCUT2D eigenvalue weighted by molar-refractivity contribution is 5.94. The van der Waals surface area contributed by atoms with E-state index in [1.165, 1.54) is 6.42 Å². The second kappa shape index (κ2) is 20.3. The molecule has 2 N–H and O–H groups in total. The highest BCUT2D eigenvalue weighted by atomic mass is 16.5. The Kier molecular flexibility index (Phi) is 25.4. The molecule has 0 fully saturated rings. The number of amides is 3. The molecule has 3 amide bonds. The van der Waals surface area contributed by atoms with Gasteiger partial charge in [-0.1, -0.05) is 34.1 Å². The van der Waals surface area contributed by atoms with E-state index in [-0.39, 0.29) is 9.46 Å². The summed E-state index contributed by atoms with van der Waals surface area (Å²) in [6, 6.07) is -0.484. The Morgan fingerprint density at radius 1 is 1.12 bits per heavy atom. The van der Waals surface area contributed by atoms with E-state index in [1.54, 1.807) is 13.8 Å². The molecule has 0 aliphatic carbocycles. The van der Waals surface area contributed by atoms with E-state index in [9.17, 15) is 9.59 Å². The van der Waals surface area contributed by atoms with E-state index in [4.69, 9.17) is 4.74 Å². The van der Waals surface area contributed by atoms with E-state index >= 15 is 0 Å². The zero-order valence-electron chi connectivity index (χ0n) is 12.1. The molecule has 108 valence electrons. The van der Waals surface area contributed by atoms with Gasteiger partial charge in [0.2, 0.25) is 0 Å². The lowest BCUT2D eigenvalue weighted by molar-refractivity contribution is -0.124. The third-order valence-corrected chi connectivity index (χ3v) is 1.03. The first-order valence-corrected chi connectivity index (χ1v) is 6.27. The van der Waals surface area contributed by atoms with Crippen LogP contribution in [0, 0.1) is 0 Å². The standard InChI is InChI=1S/C7H14N2O3.C3H8.C2H6.2H2/c1-3-8-7(11)9-6(10)5-12-4-2;1-3-2;1-2;;/h3-5H2,1-2H3,(H2,8,9,10,11);3H2,1-2H3;1-2H3;2*1H. The monoisotopic (exact) mass is 252 g/mol. The summed E-state index contributed by atoms with van der Waals surface area (Å²) in [7, 11) is 0. The van der Waals surface area contributed by atoms with Crippen LogP contribution in [0.15, 0.2) is 0 Å². The van der Waals surface area contributed by atoms with Gasteiger partial charge < -0.3 is 10.1 Å². The summed E-state index contributed by atoms with van der Waals surface area (Å²) >= 11 is 0. The zero-order valence-corrected chi connectivity index (χ0v) is 12.1. The SMILES string of the molecule is CC.CCC.CCNC(=O)NC(=O)COCC.[HH].[HH]. The predicted molar refractivity (Wildman–Crippen MR) is 75.2 cm³/mol. The molecule has 0 aliphatic heterocycles. The number of carbonyl (C=O) groups excluding carboxylic acids is 2. The van der Waals surface area contributed by atoms with Crippen LogP contribution in [-0.4, -0.2) is 31.7 Å². The van der Waals surface area contributed by atoms with Crippen LogP contribution >= 0.6 is 0 Å². The second-order valence-electron chi connectivity index (χ2n) is 2.75. The smallest absolute Gasteiger partial charge is 0.321 e. The van der Waals surface area contributed by atoms with E-state index in [1.807, 2.05) is 13.8 Å². The molecule has 5 nitrogen and oxygen atoms in total. The Labute approximate surface area is 108 Å². The lowest BCUT2D eigenvalue weighted by Gasteiger charge is -2.03. The van der Waals surface area contributed by atoms with Crippen LogP contribution in [0.5, 0.6) is 0 Å². The van der Waals surface area contributed by atoms with Crippen molar-refractivity contribution in [3.8, 4) is 0 Å². The van der Waals surface area contributed by atoms with Crippen molar-refractivity contribution in [1.82, 2.24) is 10.6 Å². The van der Waals surface area contributed by atoms with Crippen molar-refractivity contribution in [1.29, 1.82) is 0 Å². The van der Waals surface area contributed by atoms with Crippen molar-refractivity contribution in [2.24, 2.45) is 0 Å². The largest absolute Gasteiger partial charge is 0.372 e. The number of rotatable bonds is 4. The van der Waals surface area contributed by atoms with E-state index in [0.29, 0.717) is 13.2 Å². The van der Waals surface area contributed by atoms with Gasteiger partial charge in [-0.15, -0.1) is 0 Å². The maximum atomic E-state index is 10.8. The summed E-state index contributed by atoms with van der Waals surface area (Å²) in [5, 5.41) is 4.53. The van der Waals surface area contributed by atoms with E-state index in [2.05, 4.69) is 24.5 Å². The molecule has 0 saturated carbocycles. The van der Waals surface area contributed by atoms with Crippen LogP contribution in [0.2, 0.25) is 0 Å². The van der Waals surface area contributed by atoms with E-state index in [0.717, 1.165) is 0 Å². The van der Waals surface area contributed by atoms with Crippen LogP contribution in [0.3, 0.4) is 0 Å². The summed E-state index contributed by atoms with van der Waals surface area (Å²) in [4.78, 5) is 21.5. The van der Waals surface area contributed by atoms with Gasteiger partial charge in [0.15, 0.2) is 0 Å². The number of hydrogen-bond acceptors (Lipinski definition) is 3. The first kappa shape index (κ1) is 21.2. The third-order valence-electron chi connectivity index (χ3n) is 1.03. The maximum Gasteiger partial charge on any atom is 0.321 e. The van der Waals surface area contributed by atoms with Crippen LogP contribution in [0.1, 0.15) is 50.8 Å². The fourth-order valence-corrected chi connectivity index (χ4v) is 0.562. The molecule has 0 rings (SSSR count). The molecule has 0 bridgehead atoms. The molecule has 5 heteroatoms. The lowest BCUT2D eigenvalue weighted by atomic mass is 10.6. The third kappa shape index (κ3) is 25.3. The fraction of sp³-hybridized carbons (Fsp3) is 0.833. The van der Waals surface area contributed by atoms with Gasteiger partial charge in [-0.3, -0.25) is 10.1 Å². The van der Waals surface area contributed by atoms with Gasteiger partial charge in [0.1, 0.15) is 6.61 Å². The minimum Gasteiger partial charge on any atom is -0.372 e. The summed E-state index contributed by atoms with van der Waals surface area (Å²) < 4.78 is 4.78. The summed E-state index contributed by atoms with van der Waals surface area (Å²) in [6.45, 7) is 12.7. The molecule has 17 heavy (non-hydrogen) atoms. The Morgan fingerprint density at radius 2 is 1.59 bits per heavy atom. The number of hydrogen-bond donors (Lipinski definition) is 2. The molecule has 0 radical (unpaired) electrons. The molecule has 0 aliphatic rings. The molecule has 0 aromatic heterocycles. The van der Waals surface area contributed by atoms with Gasteiger partial charge in [-0.05, 0) is 13.8 Å². The highest BCUT2D eigenvalue weighted by Crippen LogP contribution is 1.73. The van der Waals surface area contributed by atoms with Gasteiger partial charge >= 0.3 is 6.03 Å². The Bertz CT molecular complexity index is 182. The first-order chi connectivity index (χ1) is 8.12. The fourth-order valence-electron chi connectivity index (χ4n) is 0.562. The zero-order chi connectivity index (χ0) is 14.1. The van der Waals surface area contributed by atoms with Crippen LogP contribution in [0.4, 0.5) is 4.79 Å². The molecule has 0 atom stereocenters. The van der Waals surface area contributed by atoms with Crippen molar-refractivity contribution in [2.75, 3.05) is 19.8 Å². The molecule has 0 aromatic carbocycles. The minimum atomic E-state index is -0.484. The van der Waals surface area contributed by atoms with Gasteiger partial charge in [0.25, 0.3) is 5.91 Å². The molecular formula is C12H32N2O3. The average Bonchev–Trinajstić information content (AvgIpc) is 2.30. The summed E-state index contributed by atoms with van der Waals surface area (Å²) in [5.74, 6) is -0.428. The van der Waals surface area contributed by atoms with Crippen molar-refractivity contribution in [3.05, 3.63) is 0 Å². The molecule has 0 aromatic rings. The molecule has 0 heterocycles. The number of carbonyl (C=O) groups is 2. The topological polar surface area (TPSA) is 67.4 Å². The lowest BCUT2D eigenvalue weighted by Crippen LogP contribution is -2.40. The quantitative estimate of drug-likeness (QED) is 0.808. The molecule has 0 saturated heterocycles. The molecule has 0 unspecified atom stereocenters. The van der Waals surface area contributed by atoms with Crippen molar-refractivity contribution in [2.45, 2.75) is 48.0 Å². The van der Waals surface area contributed by atoms with Crippen molar-refractivity contribution in [3.63, 3.8) is 0 Å². The molecular weight excluding hydrogens is 220 g/mol. The first-order valence-electron chi connectivity index (χ1n) is 6.27. The number of urea groups is 1. The predicted octanol–water partition coefficient (Wildman–Crippen LogP) is 2.80. The summed E-state index contributed by atoms with van der Waals surface area (Å²) in [6.07, 6.45) is 1.25. The van der Waals surface area contributed by atoms with Crippen LogP contribution in [0.25, 0.3) is 0 Å². The Morgan fingerprint density at radius 3 is 1.94 bits per heavy atom. The normalized spacial score (nSPS) is 7.88.